The average Bonchev–Trinajstić information content (AvgIpc) is 3.46. The third-order valence-corrected chi connectivity index (χ3v) is 5.44. The molecule has 1 aliphatic rings. The van der Waals surface area contributed by atoms with Gasteiger partial charge in [-0.1, -0.05) is 29.4 Å². The van der Waals surface area contributed by atoms with Crippen molar-refractivity contribution in [1.82, 2.24) is 15.0 Å². The standard InChI is InChI=1S/C24H24N4O4/c1-28(15-22(29)30)14-16-6-8-17(9-7-16)23-26-24(32-27-23)18-10-11-21(19(12-18)13-25)31-20-4-2-3-5-20/h6-12,20H,2-5,14-15H2,1H3,(H,29,30). The molecule has 8 nitrogen and oxygen atoms in total. The number of nitriles is 1. The van der Waals surface area contributed by atoms with E-state index in [1.54, 1.807) is 24.1 Å². The minimum Gasteiger partial charge on any atom is -0.489 e. The van der Waals surface area contributed by atoms with Crippen LogP contribution in [0.15, 0.2) is 47.0 Å². The van der Waals surface area contributed by atoms with E-state index >= 15 is 0 Å². The monoisotopic (exact) mass is 432 g/mol. The molecule has 1 heterocycles. The summed E-state index contributed by atoms with van der Waals surface area (Å²) in [4.78, 5) is 17.0. The van der Waals surface area contributed by atoms with Crippen LogP contribution in [0.1, 0.15) is 36.8 Å². The van der Waals surface area contributed by atoms with Gasteiger partial charge in [0, 0.05) is 17.7 Å². The molecule has 164 valence electrons. The molecule has 1 aromatic heterocycles. The third-order valence-electron chi connectivity index (χ3n) is 5.44. The van der Waals surface area contributed by atoms with Crippen LogP contribution in [0.5, 0.6) is 5.75 Å². The van der Waals surface area contributed by atoms with Gasteiger partial charge in [0.2, 0.25) is 5.82 Å². The molecular weight excluding hydrogens is 408 g/mol. The van der Waals surface area contributed by atoms with Crippen LogP contribution >= 0.6 is 0 Å². The quantitative estimate of drug-likeness (QED) is 0.566. The topological polar surface area (TPSA) is 112 Å². The molecule has 32 heavy (non-hydrogen) atoms. The number of rotatable bonds is 8. The molecule has 1 saturated carbocycles. The van der Waals surface area contributed by atoms with Crippen molar-refractivity contribution in [3.05, 3.63) is 53.6 Å². The van der Waals surface area contributed by atoms with E-state index in [9.17, 15) is 10.1 Å². The van der Waals surface area contributed by atoms with Crippen LogP contribution in [0, 0.1) is 11.3 Å². The second-order valence-corrected chi connectivity index (χ2v) is 8.03. The maximum Gasteiger partial charge on any atom is 0.317 e. The molecule has 8 heteroatoms. The van der Waals surface area contributed by atoms with E-state index in [1.807, 2.05) is 30.3 Å². The van der Waals surface area contributed by atoms with Crippen molar-refractivity contribution in [3.8, 4) is 34.7 Å². The fourth-order valence-corrected chi connectivity index (χ4v) is 3.85. The molecule has 0 atom stereocenters. The van der Waals surface area contributed by atoms with Crippen molar-refractivity contribution in [2.45, 2.75) is 38.3 Å². The number of carboxylic acids is 1. The van der Waals surface area contributed by atoms with E-state index in [2.05, 4.69) is 16.2 Å². The predicted octanol–water partition coefficient (Wildman–Crippen LogP) is 4.11. The van der Waals surface area contributed by atoms with E-state index in [0.29, 0.717) is 35.1 Å². The Hall–Kier alpha value is -3.70. The number of carbonyl (C=O) groups is 1. The summed E-state index contributed by atoms with van der Waals surface area (Å²) in [5.41, 5.74) is 2.87. The maximum atomic E-state index is 10.8. The zero-order valence-corrected chi connectivity index (χ0v) is 17.8. The van der Waals surface area contributed by atoms with Gasteiger partial charge in [-0.25, -0.2) is 0 Å². The van der Waals surface area contributed by atoms with Crippen LogP contribution in [0.4, 0.5) is 0 Å². The molecule has 0 radical (unpaired) electrons. The number of ether oxygens (including phenoxy) is 1. The highest BCUT2D eigenvalue weighted by Gasteiger charge is 2.19. The fraction of sp³-hybridized carbons (Fsp3) is 0.333. The Labute approximate surface area is 186 Å². The summed E-state index contributed by atoms with van der Waals surface area (Å²) < 4.78 is 11.4. The Bertz CT molecular complexity index is 1130. The number of hydrogen-bond acceptors (Lipinski definition) is 7. The van der Waals surface area contributed by atoms with Crippen LogP contribution in [0.25, 0.3) is 22.8 Å². The average molecular weight is 432 g/mol. The van der Waals surface area contributed by atoms with E-state index in [0.717, 1.165) is 36.8 Å². The molecule has 0 amide bonds. The molecule has 1 aliphatic carbocycles. The Balaban J connectivity index is 1.47. The summed E-state index contributed by atoms with van der Waals surface area (Å²) in [7, 11) is 1.76. The molecule has 4 rings (SSSR count). The lowest BCUT2D eigenvalue weighted by molar-refractivity contribution is -0.138. The molecule has 3 aromatic rings. The lowest BCUT2D eigenvalue weighted by Crippen LogP contribution is -2.25. The first-order valence-electron chi connectivity index (χ1n) is 10.6. The Morgan fingerprint density at radius 1 is 1.22 bits per heavy atom. The van der Waals surface area contributed by atoms with Gasteiger partial charge in [-0.15, -0.1) is 0 Å². The number of aromatic nitrogens is 2. The van der Waals surface area contributed by atoms with Crippen molar-refractivity contribution < 1.29 is 19.2 Å². The summed E-state index contributed by atoms with van der Waals surface area (Å²) >= 11 is 0. The van der Waals surface area contributed by atoms with Crippen molar-refractivity contribution in [2.24, 2.45) is 0 Å². The van der Waals surface area contributed by atoms with Crippen LogP contribution in [0.2, 0.25) is 0 Å². The summed E-state index contributed by atoms with van der Waals surface area (Å²) in [5.74, 6) is 0.497. The van der Waals surface area contributed by atoms with Gasteiger partial charge in [-0.05, 0) is 56.5 Å². The number of aliphatic carboxylic acids is 1. The lowest BCUT2D eigenvalue weighted by atomic mass is 10.1. The lowest BCUT2D eigenvalue weighted by Gasteiger charge is -2.14. The summed E-state index contributed by atoms with van der Waals surface area (Å²) in [6.07, 6.45) is 4.54. The first kappa shape index (κ1) is 21.5. The third kappa shape index (κ3) is 5.13. The molecule has 0 bridgehead atoms. The summed E-state index contributed by atoms with van der Waals surface area (Å²) in [6.45, 7) is 0.501. The van der Waals surface area contributed by atoms with Gasteiger partial charge in [0.1, 0.15) is 11.8 Å². The Kier molecular flexibility index (Phi) is 6.47. The van der Waals surface area contributed by atoms with Crippen molar-refractivity contribution in [3.63, 3.8) is 0 Å². The van der Waals surface area contributed by atoms with Crippen molar-refractivity contribution in [2.75, 3.05) is 13.6 Å². The Morgan fingerprint density at radius 2 is 1.94 bits per heavy atom. The van der Waals surface area contributed by atoms with E-state index in [4.69, 9.17) is 14.4 Å². The van der Waals surface area contributed by atoms with Crippen molar-refractivity contribution in [1.29, 1.82) is 5.26 Å². The van der Waals surface area contributed by atoms with Gasteiger partial charge >= 0.3 is 5.97 Å². The van der Waals surface area contributed by atoms with Crippen molar-refractivity contribution >= 4 is 5.97 Å². The molecule has 0 unspecified atom stereocenters. The second kappa shape index (κ2) is 9.62. The molecule has 0 saturated heterocycles. The number of benzene rings is 2. The Morgan fingerprint density at radius 3 is 2.62 bits per heavy atom. The van der Waals surface area contributed by atoms with Gasteiger partial charge in [0.05, 0.1) is 18.2 Å². The predicted molar refractivity (Wildman–Crippen MR) is 117 cm³/mol. The second-order valence-electron chi connectivity index (χ2n) is 8.03. The highest BCUT2D eigenvalue weighted by Crippen LogP contribution is 2.30. The van der Waals surface area contributed by atoms with Gasteiger partial charge in [-0.3, -0.25) is 9.69 Å². The summed E-state index contributed by atoms with van der Waals surface area (Å²) in [6, 6.07) is 15.1. The van der Waals surface area contributed by atoms with Gasteiger partial charge in [-0.2, -0.15) is 10.2 Å². The first-order valence-corrected chi connectivity index (χ1v) is 10.6. The zero-order chi connectivity index (χ0) is 22.5. The van der Waals surface area contributed by atoms with E-state index in [-0.39, 0.29) is 12.6 Å². The molecular formula is C24H24N4O4. The van der Waals surface area contributed by atoms with E-state index in [1.165, 1.54) is 0 Å². The first-order chi connectivity index (χ1) is 15.5. The van der Waals surface area contributed by atoms with Crippen LogP contribution in [-0.4, -0.2) is 45.8 Å². The smallest absolute Gasteiger partial charge is 0.317 e. The number of carboxylic acid groups (broad SMARTS) is 1. The van der Waals surface area contributed by atoms with Crippen LogP contribution in [-0.2, 0) is 11.3 Å². The fourth-order valence-electron chi connectivity index (χ4n) is 3.85. The van der Waals surface area contributed by atoms with Crippen LogP contribution < -0.4 is 4.74 Å². The normalized spacial score (nSPS) is 13.9. The van der Waals surface area contributed by atoms with E-state index < -0.39 is 5.97 Å². The largest absolute Gasteiger partial charge is 0.489 e. The number of nitrogens with zero attached hydrogens (tertiary/aromatic N) is 4. The highest BCUT2D eigenvalue weighted by atomic mass is 16.5. The minimum absolute atomic E-state index is 0.0227. The van der Waals surface area contributed by atoms with Crippen LogP contribution in [0.3, 0.4) is 0 Å². The maximum absolute atomic E-state index is 10.8. The molecule has 2 aromatic carbocycles. The number of hydrogen-bond donors (Lipinski definition) is 1. The van der Waals surface area contributed by atoms with Gasteiger partial charge < -0.3 is 14.4 Å². The SMILES string of the molecule is CN(CC(=O)O)Cc1ccc(-c2noc(-c3ccc(OC4CCCC4)c(C#N)c3)n2)cc1. The molecule has 1 fully saturated rings. The van der Waals surface area contributed by atoms with Gasteiger partial charge in [0.15, 0.2) is 0 Å². The number of likely N-dealkylation sites (N-methyl/N-ethyl adjacent to an activating group) is 1. The highest BCUT2D eigenvalue weighted by molar-refractivity contribution is 5.69. The molecule has 0 aliphatic heterocycles. The summed E-state index contributed by atoms with van der Waals surface area (Å²) in [5, 5.41) is 22.5. The van der Waals surface area contributed by atoms with Gasteiger partial charge in [0.25, 0.3) is 5.89 Å². The zero-order valence-electron chi connectivity index (χ0n) is 17.8. The molecule has 0 spiro atoms. The minimum atomic E-state index is -0.860. The molecule has 1 N–H and O–H groups in total.